The van der Waals surface area contributed by atoms with Crippen molar-refractivity contribution in [3.8, 4) is 11.5 Å². The van der Waals surface area contributed by atoms with E-state index in [1.807, 2.05) is 0 Å². The largest absolute Gasteiger partial charge is 0.486 e. The van der Waals surface area contributed by atoms with Gasteiger partial charge in [0.05, 0.1) is 10.9 Å². The fourth-order valence-corrected chi connectivity index (χ4v) is 4.70. The van der Waals surface area contributed by atoms with Gasteiger partial charge in [-0.3, -0.25) is 4.79 Å². The van der Waals surface area contributed by atoms with E-state index >= 15 is 0 Å². The van der Waals surface area contributed by atoms with Gasteiger partial charge in [-0.05, 0) is 18.6 Å². The van der Waals surface area contributed by atoms with Crippen molar-refractivity contribution in [1.29, 1.82) is 0 Å². The minimum absolute atomic E-state index is 0.0532. The lowest BCUT2D eigenvalue weighted by Gasteiger charge is -2.22. The third-order valence-electron chi connectivity index (χ3n) is 4.43. The number of hydrogen-bond donors (Lipinski definition) is 0. The van der Waals surface area contributed by atoms with Crippen molar-refractivity contribution in [3.05, 3.63) is 18.2 Å². The molecular weight excluding hydrogens is 352 g/mol. The van der Waals surface area contributed by atoms with Gasteiger partial charge in [-0.15, -0.1) is 0 Å². The molecule has 0 N–H and O–H groups in total. The maximum Gasteiger partial charge on any atom is 0.417 e. The van der Waals surface area contributed by atoms with Crippen LogP contribution in [0.25, 0.3) is 0 Å². The lowest BCUT2D eigenvalue weighted by Crippen LogP contribution is -2.42. The number of imide groups is 1. The van der Waals surface area contributed by atoms with Crippen molar-refractivity contribution >= 4 is 22.0 Å². The molecular formula is C15H16N2O7S. The molecule has 2 fully saturated rings. The lowest BCUT2D eigenvalue weighted by molar-refractivity contribution is -0.127. The Morgan fingerprint density at radius 1 is 1.04 bits per heavy atom. The Morgan fingerprint density at radius 3 is 2.52 bits per heavy atom. The maximum atomic E-state index is 12.9. The smallest absolute Gasteiger partial charge is 0.417 e. The molecule has 0 aromatic heterocycles. The molecule has 3 heterocycles. The molecule has 0 spiro atoms. The number of hydrogen-bond acceptors (Lipinski definition) is 7. The first-order valence-electron chi connectivity index (χ1n) is 7.85. The molecule has 1 unspecified atom stereocenters. The van der Waals surface area contributed by atoms with Crippen LogP contribution < -0.4 is 9.47 Å². The third kappa shape index (κ3) is 2.71. The number of fused-ring (bicyclic) bond motifs is 1. The van der Waals surface area contributed by atoms with Gasteiger partial charge in [-0.1, -0.05) is 0 Å². The van der Waals surface area contributed by atoms with Crippen LogP contribution >= 0.6 is 0 Å². The second-order valence-electron chi connectivity index (χ2n) is 5.93. The molecule has 0 aliphatic carbocycles. The number of sulfonamides is 1. The summed E-state index contributed by atoms with van der Waals surface area (Å²) in [6, 6.07) is 3.96. The number of benzene rings is 1. The Balaban J connectivity index is 1.55. The summed E-state index contributed by atoms with van der Waals surface area (Å²) in [5.74, 6) is 0.463. The molecule has 10 heteroatoms. The zero-order valence-electron chi connectivity index (χ0n) is 13.2. The number of cyclic esters (lactones) is 1. The number of rotatable bonds is 3. The molecule has 9 nitrogen and oxygen atoms in total. The summed E-state index contributed by atoms with van der Waals surface area (Å²) in [5.41, 5.74) is 0. The van der Waals surface area contributed by atoms with E-state index in [1.165, 1.54) is 16.4 Å². The Kier molecular flexibility index (Phi) is 3.80. The second kappa shape index (κ2) is 5.88. The molecule has 3 aliphatic rings. The second-order valence-corrected chi connectivity index (χ2v) is 7.87. The summed E-state index contributed by atoms with van der Waals surface area (Å²) >= 11 is 0. The summed E-state index contributed by atoms with van der Waals surface area (Å²) in [6.45, 7) is 0.773. The first kappa shape index (κ1) is 16.2. The van der Waals surface area contributed by atoms with Crippen LogP contribution in [0.2, 0.25) is 0 Å². The van der Waals surface area contributed by atoms with Gasteiger partial charge in [0.15, 0.2) is 18.1 Å². The van der Waals surface area contributed by atoms with E-state index in [1.54, 1.807) is 6.07 Å². The number of nitrogens with zero attached hydrogens (tertiary/aromatic N) is 2. The molecule has 1 aromatic rings. The van der Waals surface area contributed by atoms with Gasteiger partial charge >= 0.3 is 6.09 Å². The summed E-state index contributed by atoms with van der Waals surface area (Å²) < 4.78 is 42.5. The van der Waals surface area contributed by atoms with Crippen molar-refractivity contribution in [2.45, 2.75) is 17.4 Å². The zero-order chi connectivity index (χ0) is 17.6. The normalized spacial score (nSPS) is 23.8. The van der Waals surface area contributed by atoms with Crippen LogP contribution in [0, 0.1) is 0 Å². The summed E-state index contributed by atoms with van der Waals surface area (Å²) in [7, 11) is -3.76. The highest BCUT2D eigenvalue weighted by Gasteiger charge is 2.43. The van der Waals surface area contributed by atoms with Gasteiger partial charge < -0.3 is 14.2 Å². The quantitative estimate of drug-likeness (QED) is 0.751. The topological polar surface area (TPSA) is 102 Å². The Morgan fingerprint density at radius 2 is 1.80 bits per heavy atom. The fraction of sp³-hybridized carbons (Fsp3) is 0.467. The Labute approximate surface area is 144 Å². The SMILES string of the molecule is O=C1COC(=O)N1C1CCN(S(=O)(=O)c2ccc3c(c2)OCCO3)C1. The number of amides is 2. The van der Waals surface area contributed by atoms with E-state index in [4.69, 9.17) is 14.2 Å². The molecule has 0 bridgehead atoms. The van der Waals surface area contributed by atoms with E-state index in [0.717, 1.165) is 4.90 Å². The number of carbonyl (C=O) groups excluding carboxylic acids is 2. The van der Waals surface area contributed by atoms with Gasteiger partial charge in [0.1, 0.15) is 13.2 Å². The highest BCUT2D eigenvalue weighted by atomic mass is 32.2. The van der Waals surface area contributed by atoms with Crippen molar-refractivity contribution < 1.29 is 32.2 Å². The zero-order valence-corrected chi connectivity index (χ0v) is 14.0. The first-order chi connectivity index (χ1) is 12.0. The third-order valence-corrected chi connectivity index (χ3v) is 6.29. The predicted molar refractivity (Wildman–Crippen MR) is 82.8 cm³/mol. The van der Waals surface area contributed by atoms with Crippen molar-refractivity contribution in [2.75, 3.05) is 32.9 Å². The van der Waals surface area contributed by atoms with Gasteiger partial charge in [-0.2, -0.15) is 4.31 Å². The highest BCUT2D eigenvalue weighted by Crippen LogP contribution is 2.34. The van der Waals surface area contributed by atoms with Gasteiger partial charge in [0.2, 0.25) is 10.0 Å². The van der Waals surface area contributed by atoms with Crippen molar-refractivity contribution in [2.24, 2.45) is 0 Å². The molecule has 2 amide bonds. The number of carbonyl (C=O) groups is 2. The minimum Gasteiger partial charge on any atom is -0.486 e. The van der Waals surface area contributed by atoms with Gasteiger partial charge in [-0.25, -0.2) is 18.1 Å². The Hall–Kier alpha value is -2.33. The maximum absolute atomic E-state index is 12.9. The van der Waals surface area contributed by atoms with Crippen LogP contribution in [0.3, 0.4) is 0 Å². The summed E-state index contributed by atoms with van der Waals surface area (Å²) in [6.07, 6.45) is -0.335. The van der Waals surface area contributed by atoms with Crippen LogP contribution in [-0.4, -0.2) is 68.6 Å². The average molecular weight is 368 g/mol. The summed E-state index contributed by atoms with van der Waals surface area (Å²) in [5, 5.41) is 0. The monoisotopic (exact) mass is 368 g/mol. The summed E-state index contributed by atoms with van der Waals surface area (Å²) in [4.78, 5) is 24.5. The van der Waals surface area contributed by atoms with E-state index in [0.29, 0.717) is 31.1 Å². The first-order valence-corrected chi connectivity index (χ1v) is 9.29. The molecule has 0 radical (unpaired) electrons. The van der Waals surface area contributed by atoms with Gasteiger partial charge in [0, 0.05) is 19.2 Å². The minimum atomic E-state index is -3.76. The van der Waals surface area contributed by atoms with Crippen LogP contribution in [0.4, 0.5) is 4.79 Å². The predicted octanol–water partition coefficient (Wildman–Crippen LogP) is 0.200. The molecule has 2 saturated heterocycles. The van der Waals surface area contributed by atoms with Crippen LogP contribution in [-0.2, 0) is 19.6 Å². The van der Waals surface area contributed by atoms with Crippen molar-refractivity contribution in [1.82, 2.24) is 9.21 Å². The van der Waals surface area contributed by atoms with Crippen LogP contribution in [0.15, 0.2) is 23.1 Å². The molecule has 4 rings (SSSR count). The standard InChI is InChI=1S/C15H16N2O7S/c18-14-9-24-15(19)17(14)10-3-4-16(8-10)25(20,21)11-1-2-12-13(7-11)23-6-5-22-12/h1-2,7,10H,3-6,8-9H2. The number of ether oxygens (including phenoxy) is 3. The van der Waals surface area contributed by atoms with E-state index in [-0.39, 0.29) is 24.6 Å². The fourth-order valence-electron chi connectivity index (χ4n) is 3.19. The van der Waals surface area contributed by atoms with E-state index in [2.05, 4.69) is 0 Å². The molecule has 25 heavy (non-hydrogen) atoms. The van der Waals surface area contributed by atoms with E-state index < -0.39 is 28.1 Å². The molecule has 3 aliphatic heterocycles. The van der Waals surface area contributed by atoms with Crippen LogP contribution in [0.5, 0.6) is 11.5 Å². The van der Waals surface area contributed by atoms with Gasteiger partial charge in [0.25, 0.3) is 5.91 Å². The molecule has 134 valence electrons. The van der Waals surface area contributed by atoms with Crippen molar-refractivity contribution in [3.63, 3.8) is 0 Å². The molecule has 0 saturated carbocycles. The highest BCUT2D eigenvalue weighted by molar-refractivity contribution is 7.89. The lowest BCUT2D eigenvalue weighted by atomic mass is 10.2. The average Bonchev–Trinajstić information content (AvgIpc) is 3.21. The van der Waals surface area contributed by atoms with E-state index in [9.17, 15) is 18.0 Å². The van der Waals surface area contributed by atoms with Crippen LogP contribution in [0.1, 0.15) is 6.42 Å². The Bertz CT molecular complexity index is 822. The molecule has 1 atom stereocenters. The molecule has 1 aromatic carbocycles.